The molecule has 1 fully saturated rings. The Balaban J connectivity index is 1.97. The van der Waals surface area contributed by atoms with Gasteiger partial charge >= 0.3 is 18.0 Å². The fourth-order valence-corrected chi connectivity index (χ4v) is 2.23. The van der Waals surface area contributed by atoms with Crippen LogP contribution in [0.2, 0.25) is 5.02 Å². The van der Waals surface area contributed by atoms with Gasteiger partial charge in [-0.2, -0.15) is 13.2 Å². The minimum absolute atomic E-state index is 0.0988. The van der Waals surface area contributed by atoms with Crippen LogP contribution in [0.5, 0.6) is 0 Å². The molecule has 0 saturated carbocycles. The summed E-state index contributed by atoms with van der Waals surface area (Å²) in [5.74, 6) is -2.06. The second-order valence-corrected chi connectivity index (χ2v) is 5.40. The summed E-state index contributed by atoms with van der Waals surface area (Å²) in [5.41, 5.74) is -1.25. The molecule has 1 atom stereocenters. The first-order valence-electron chi connectivity index (χ1n) is 6.85. The summed E-state index contributed by atoms with van der Waals surface area (Å²) in [6.07, 6.45) is -3.07. The third-order valence-corrected chi connectivity index (χ3v) is 3.59. The Bertz CT molecular complexity index is 601. The van der Waals surface area contributed by atoms with Crippen molar-refractivity contribution in [1.82, 2.24) is 5.32 Å². The summed E-state index contributed by atoms with van der Waals surface area (Å²) in [7, 11) is 0. The van der Waals surface area contributed by atoms with E-state index in [1.165, 1.54) is 0 Å². The van der Waals surface area contributed by atoms with Gasteiger partial charge in [-0.25, -0.2) is 0 Å². The third kappa shape index (κ3) is 4.84. The number of hydrogen-bond donors (Lipinski definition) is 2. The van der Waals surface area contributed by atoms with Gasteiger partial charge in [-0.15, -0.1) is 0 Å². The van der Waals surface area contributed by atoms with Crippen LogP contribution >= 0.6 is 11.6 Å². The lowest BCUT2D eigenvalue weighted by Crippen LogP contribution is -2.39. The van der Waals surface area contributed by atoms with Gasteiger partial charge < -0.3 is 15.4 Å². The number of halogens is 4. The Labute approximate surface area is 135 Å². The van der Waals surface area contributed by atoms with Crippen molar-refractivity contribution in [3.63, 3.8) is 0 Å². The molecule has 1 aromatic carbocycles. The number of benzene rings is 1. The van der Waals surface area contributed by atoms with Gasteiger partial charge in [0.05, 0.1) is 22.4 Å². The molecule has 1 aromatic rings. The van der Waals surface area contributed by atoms with E-state index in [1.54, 1.807) is 0 Å². The fourth-order valence-electron chi connectivity index (χ4n) is 2.07. The van der Waals surface area contributed by atoms with Gasteiger partial charge in [-0.3, -0.25) is 9.59 Å². The number of ether oxygens (including phenoxy) is 1. The number of carbonyl (C=O) groups excluding carboxylic acids is 2. The lowest BCUT2D eigenvalue weighted by Gasteiger charge is -2.13. The van der Waals surface area contributed by atoms with E-state index in [9.17, 15) is 22.8 Å². The molecule has 1 aliphatic heterocycles. The quantitative estimate of drug-likeness (QED) is 0.823. The van der Waals surface area contributed by atoms with Crippen LogP contribution in [0.1, 0.15) is 18.4 Å². The number of anilines is 1. The summed E-state index contributed by atoms with van der Waals surface area (Å²) >= 11 is 5.74. The molecule has 2 amide bonds. The Morgan fingerprint density at radius 3 is 2.65 bits per heavy atom. The van der Waals surface area contributed by atoms with E-state index in [0.29, 0.717) is 12.7 Å². The van der Waals surface area contributed by atoms with Crippen LogP contribution < -0.4 is 10.6 Å². The molecule has 0 aliphatic carbocycles. The number of carbonyl (C=O) groups is 2. The molecule has 0 spiro atoms. The first kappa shape index (κ1) is 17.6. The van der Waals surface area contributed by atoms with Crippen LogP contribution in [0, 0.1) is 0 Å². The van der Waals surface area contributed by atoms with Crippen LogP contribution in [0.15, 0.2) is 18.2 Å². The van der Waals surface area contributed by atoms with E-state index in [1.807, 2.05) is 0 Å². The van der Waals surface area contributed by atoms with Gasteiger partial charge in [0, 0.05) is 13.2 Å². The maximum absolute atomic E-state index is 12.6. The minimum Gasteiger partial charge on any atom is -0.376 e. The van der Waals surface area contributed by atoms with Crippen molar-refractivity contribution in [3.05, 3.63) is 28.8 Å². The molecule has 23 heavy (non-hydrogen) atoms. The number of amides is 2. The molecular weight excluding hydrogens is 337 g/mol. The van der Waals surface area contributed by atoms with E-state index < -0.39 is 23.6 Å². The van der Waals surface area contributed by atoms with Crippen molar-refractivity contribution in [3.8, 4) is 0 Å². The molecule has 0 radical (unpaired) electrons. The van der Waals surface area contributed by atoms with Gasteiger partial charge in [0.1, 0.15) is 0 Å². The maximum atomic E-state index is 12.6. The van der Waals surface area contributed by atoms with Gasteiger partial charge in [0.15, 0.2) is 0 Å². The molecule has 126 valence electrons. The van der Waals surface area contributed by atoms with Crippen molar-refractivity contribution in [1.29, 1.82) is 0 Å². The van der Waals surface area contributed by atoms with E-state index in [4.69, 9.17) is 16.3 Å². The molecule has 2 rings (SSSR count). The summed E-state index contributed by atoms with van der Waals surface area (Å²) in [4.78, 5) is 23.4. The zero-order valence-corrected chi connectivity index (χ0v) is 12.6. The average Bonchev–Trinajstić information content (AvgIpc) is 2.99. The zero-order chi connectivity index (χ0) is 17.0. The van der Waals surface area contributed by atoms with Crippen LogP contribution in [0.4, 0.5) is 18.9 Å². The van der Waals surface area contributed by atoms with Gasteiger partial charge in [0.2, 0.25) is 0 Å². The molecule has 9 heteroatoms. The monoisotopic (exact) mass is 350 g/mol. The number of alkyl halides is 3. The van der Waals surface area contributed by atoms with E-state index in [-0.39, 0.29) is 23.4 Å². The summed E-state index contributed by atoms with van der Waals surface area (Å²) in [6.45, 7) is 0.773. The predicted molar refractivity (Wildman–Crippen MR) is 77.1 cm³/mol. The molecule has 0 unspecified atom stereocenters. The first-order valence-corrected chi connectivity index (χ1v) is 7.22. The Morgan fingerprint density at radius 2 is 2.04 bits per heavy atom. The largest absolute Gasteiger partial charge is 0.416 e. The molecule has 5 nitrogen and oxygen atoms in total. The number of rotatable bonds is 3. The van der Waals surface area contributed by atoms with E-state index in [2.05, 4.69) is 10.6 Å². The van der Waals surface area contributed by atoms with E-state index >= 15 is 0 Å². The third-order valence-electron chi connectivity index (χ3n) is 3.26. The molecular formula is C14H14ClF3N2O3. The Kier molecular flexibility index (Phi) is 5.48. The van der Waals surface area contributed by atoms with Crippen molar-refractivity contribution in [2.45, 2.75) is 25.1 Å². The zero-order valence-electron chi connectivity index (χ0n) is 11.9. The second-order valence-electron chi connectivity index (χ2n) is 4.99. The standard InChI is InChI=1S/C14H14ClF3N2O3/c15-10-4-3-8(14(16,17)18)6-11(10)20-13(22)12(21)19-7-9-2-1-5-23-9/h3-4,6,9H,1-2,5,7H2,(H,19,21)(H,20,22)/t9-/m1/s1. The van der Waals surface area contributed by atoms with Gasteiger partial charge in [0.25, 0.3) is 0 Å². The minimum atomic E-state index is -4.58. The van der Waals surface area contributed by atoms with Crippen LogP contribution in [-0.4, -0.2) is 31.1 Å². The average molecular weight is 351 g/mol. The Hall–Kier alpha value is -1.80. The normalized spacial score (nSPS) is 17.8. The molecule has 0 aromatic heterocycles. The molecule has 2 N–H and O–H groups in total. The van der Waals surface area contributed by atoms with Gasteiger partial charge in [-0.05, 0) is 31.0 Å². The summed E-state index contributed by atoms with van der Waals surface area (Å²) in [5, 5.41) is 4.34. The second kappa shape index (κ2) is 7.18. The molecule has 1 saturated heterocycles. The lowest BCUT2D eigenvalue weighted by atomic mass is 10.2. The highest BCUT2D eigenvalue weighted by Gasteiger charge is 2.31. The van der Waals surface area contributed by atoms with Crippen LogP contribution in [0.3, 0.4) is 0 Å². The SMILES string of the molecule is O=C(NC[C@H]1CCCO1)C(=O)Nc1cc(C(F)(F)F)ccc1Cl. The van der Waals surface area contributed by atoms with Crippen LogP contribution in [-0.2, 0) is 20.5 Å². The van der Waals surface area contributed by atoms with Crippen molar-refractivity contribution < 1.29 is 27.5 Å². The van der Waals surface area contributed by atoms with Crippen molar-refractivity contribution in [2.24, 2.45) is 0 Å². The van der Waals surface area contributed by atoms with Gasteiger partial charge in [-0.1, -0.05) is 11.6 Å². The first-order chi connectivity index (χ1) is 10.8. The highest BCUT2D eigenvalue weighted by Crippen LogP contribution is 2.33. The Morgan fingerprint density at radius 1 is 1.30 bits per heavy atom. The molecule has 1 aliphatic rings. The molecule has 0 bridgehead atoms. The van der Waals surface area contributed by atoms with Crippen molar-refractivity contribution in [2.75, 3.05) is 18.5 Å². The van der Waals surface area contributed by atoms with E-state index in [0.717, 1.165) is 25.0 Å². The lowest BCUT2D eigenvalue weighted by molar-refractivity contribution is -0.137. The van der Waals surface area contributed by atoms with Crippen molar-refractivity contribution >= 4 is 29.1 Å². The molecule has 1 heterocycles. The maximum Gasteiger partial charge on any atom is 0.416 e. The number of hydrogen-bond acceptors (Lipinski definition) is 3. The topological polar surface area (TPSA) is 67.4 Å². The predicted octanol–water partition coefficient (Wildman–Crippen LogP) is 2.59. The highest BCUT2D eigenvalue weighted by atomic mass is 35.5. The fraction of sp³-hybridized carbons (Fsp3) is 0.429. The summed E-state index contributed by atoms with van der Waals surface area (Å²) < 4.78 is 43.2. The number of nitrogens with one attached hydrogen (secondary N) is 2. The smallest absolute Gasteiger partial charge is 0.376 e. The summed E-state index contributed by atoms with van der Waals surface area (Å²) in [6, 6.07) is 2.47. The highest BCUT2D eigenvalue weighted by molar-refractivity contribution is 6.41. The van der Waals surface area contributed by atoms with Crippen LogP contribution in [0.25, 0.3) is 0 Å².